The van der Waals surface area contributed by atoms with E-state index in [2.05, 4.69) is 19.5 Å². The number of anilines is 1. The molecule has 0 saturated heterocycles. The molecule has 6 rings (SSSR count). The van der Waals surface area contributed by atoms with Crippen molar-refractivity contribution < 1.29 is 9.63 Å². The summed E-state index contributed by atoms with van der Waals surface area (Å²) in [5.74, 6) is 0.101. The van der Waals surface area contributed by atoms with E-state index in [9.17, 15) is 4.79 Å². The van der Waals surface area contributed by atoms with Gasteiger partial charge in [0.15, 0.2) is 9.47 Å². The molecule has 0 atom stereocenters. The summed E-state index contributed by atoms with van der Waals surface area (Å²) >= 11 is 3.38. The summed E-state index contributed by atoms with van der Waals surface area (Å²) in [7, 11) is 0. The Morgan fingerprint density at radius 1 is 0.775 bits per heavy atom. The maximum atomic E-state index is 13.7. The number of hydrogen-bond donors (Lipinski definition) is 1. The van der Waals surface area contributed by atoms with Gasteiger partial charge in [-0.2, -0.15) is 9.36 Å². The van der Waals surface area contributed by atoms with Gasteiger partial charge in [-0.25, -0.2) is 4.98 Å². The van der Waals surface area contributed by atoms with Crippen LogP contribution in [0.4, 0.5) is 5.13 Å². The largest absolute Gasteiger partial charge is 0.374 e. The topological polar surface area (TPSA) is 103 Å². The second-order valence-electron chi connectivity index (χ2n) is 8.60. The van der Waals surface area contributed by atoms with Crippen LogP contribution in [0.25, 0.3) is 10.2 Å². The van der Waals surface area contributed by atoms with Crippen LogP contribution < -0.4 is 5.73 Å². The van der Waals surface area contributed by atoms with Gasteiger partial charge in [-0.15, -0.1) is 11.3 Å². The first-order valence-corrected chi connectivity index (χ1v) is 14.6. The van der Waals surface area contributed by atoms with E-state index in [-0.39, 0.29) is 16.7 Å². The average Bonchev–Trinajstić information content (AvgIpc) is 3.62. The van der Waals surface area contributed by atoms with Crippen LogP contribution in [-0.4, -0.2) is 25.2 Å². The van der Waals surface area contributed by atoms with E-state index in [1.165, 1.54) is 11.3 Å². The quantitative estimate of drug-likeness (QED) is 0.0919. The molecule has 0 bridgehead atoms. The highest BCUT2D eigenvalue weighted by atomic mass is 32.2. The third-order valence-electron chi connectivity index (χ3n) is 6.12. The third-order valence-corrected chi connectivity index (χ3v) is 8.63. The zero-order chi connectivity index (χ0) is 27.4. The summed E-state index contributed by atoms with van der Waals surface area (Å²) in [6.45, 7) is 0. The van der Waals surface area contributed by atoms with Crippen molar-refractivity contribution in [2.24, 2.45) is 5.16 Å². The highest BCUT2D eigenvalue weighted by Gasteiger charge is 2.40. The van der Waals surface area contributed by atoms with E-state index in [0.717, 1.165) is 50.2 Å². The number of hydrogen-bond acceptors (Lipinski definition) is 10. The van der Waals surface area contributed by atoms with E-state index in [1.54, 1.807) is 0 Å². The van der Waals surface area contributed by atoms with Gasteiger partial charge < -0.3 is 10.6 Å². The molecule has 0 spiro atoms. The summed E-state index contributed by atoms with van der Waals surface area (Å²) in [5.41, 5.74) is 8.02. The lowest BCUT2D eigenvalue weighted by atomic mass is 9.80. The van der Waals surface area contributed by atoms with Crippen molar-refractivity contribution >= 4 is 60.8 Å². The van der Waals surface area contributed by atoms with Crippen molar-refractivity contribution in [3.05, 3.63) is 138 Å². The third kappa shape index (κ3) is 5.12. The number of thiazole rings is 1. The maximum absolute atomic E-state index is 13.7. The van der Waals surface area contributed by atoms with Crippen LogP contribution in [-0.2, 0) is 15.2 Å². The molecular weight excluding hydrogens is 559 g/mol. The first-order valence-electron chi connectivity index (χ1n) is 12.2. The van der Waals surface area contributed by atoms with Crippen LogP contribution in [0.1, 0.15) is 22.5 Å². The lowest BCUT2D eigenvalue weighted by Gasteiger charge is -2.33. The Kier molecular flexibility index (Phi) is 7.37. The van der Waals surface area contributed by atoms with Gasteiger partial charge in [0.05, 0.1) is 10.2 Å². The Morgan fingerprint density at radius 2 is 1.32 bits per heavy atom. The second-order valence-corrected chi connectivity index (χ2v) is 11.6. The minimum Gasteiger partial charge on any atom is -0.374 e. The first-order chi connectivity index (χ1) is 19.6. The van der Waals surface area contributed by atoms with Gasteiger partial charge in [-0.3, -0.25) is 4.79 Å². The number of benzene rings is 4. The fourth-order valence-electron chi connectivity index (χ4n) is 4.31. The summed E-state index contributed by atoms with van der Waals surface area (Å²) in [5, 5.41) is 4.33. The van der Waals surface area contributed by atoms with Gasteiger partial charge >= 0.3 is 0 Å². The number of nitrogens with two attached hydrogens (primary N) is 1. The molecule has 196 valence electrons. The smallest absolute Gasteiger partial charge is 0.252 e. The van der Waals surface area contributed by atoms with Crippen molar-refractivity contribution in [1.82, 2.24) is 14.3 Å². The monoisotopic (exact) mass is 579 g/mol. The Hall–Kier alpha value is -4.38. The number of aromatic nitrogens is 3. The van der Waals surface area contributed by atoms with Gasteiger partial charge in [0.2, 0.25) is 17.1 Å². The molecule has 0 amide bonds. The van der Waals surface area contributed by atoms with E-state index < -0.39 is 10.7 Å². The molecule has 0 radical (unpaired) electrons. The second kappa shape index (κ2) is 11.4. The predicted octanol–water partition coefficient (Wildman–Crippen LogP) is 6.76. The molecule has 7 nitrogen and oxygen atoms in total. The van der Waals surface area contributed by atoms with Gasteiger partial charge in [-0.1, -0.05) is 108 Å². The van der Waals surface area contributed by atoms with Gasteiger partial charge in [0, 0.05) is 28.2 Å². The molecular formula is C30H21N5O2S3. The molecule has 0 aliphatic rings. The Bertz CT molecular complexity index is 1660. The molecule has 10 heteroatoms. The van der Waals surface area contributed by atoms with Crippen molar-refractivity contribution in [3.8, 4) is 0 Å². The number of carbonyl (C=O) groups is 1. The van der Waals surface area contributed by atoms with Crippen LogP contribution in [0.15, 0.2) is 125 Å². The van der Waals surface area contributed by atoms with Crippen molar-refractivity contribution in [3.63, 3.8) is 0 Å². The summed E-state index contributed by atoms with van der Waals surface area (Å²) in [4.78, 5) is 29.1. The molecule has 2 heterocycles. The number of fused-ring (bicyclic) bond motifs is 1. The van der Waals surface area contributed by atoms with E-state index in [4.69, 9.17) is 10.6 Å². The first kappa shape index (κ1) is 25.9. The van der Waals surface area contributed by atoms with Gasteiger partial charge in [0.1, 0.15) is 0 Å². The molecule has 2 aromatic heterocycles. The van der Waals surface area contributed by atoms with Crippen LogP contribution in [0.5, 0.6) is 0 Å². The van der Waals surface area contributed by atoms with Crippen LogP contribution in [0.3, 0.4) is 0 Å². The van der Waals surface area contributed by atoms with E-state index in [1.807, 2.05) is 115 Å². The molecule has 40 heavy (non-hydrogen) atoms. The van der Waals surface area contributed by atoms with E-state index in [0.29, 0.717) is 4.34 Å². The van der Waals surface area contributed by atoms with Gasteiger partial charge in [-0.05, 0) is 23.9 Å². The van der Waals surface area contributed by atoms with Crippen LogP contribution >= 0.6 is 34.6 Å². The molecule has 0 saturated carbocycles. The van der Waals surface area contributed by atoms with Gasteiger partial charge in [0.25, 0.3) is 5.12 Å². The number of thioether (sulfide) groups is 1. The van der Waals surface area contributed by atoms with Crippen molar-refractivity contribution in [1.29, 1.82) is 0 Å². The number of nitrogens with zero attached hydrogens (tertiary/aromatic N) is 4. The zero-order valence-corrected chi connectivity index (χ0v) is 23.3. The fraction of sp³-hybridized carbons (Fsp3) is 0.0333. The van der Waals surface area contributed by atoms with Crippen LogP contribution in [0, 0.1) is 0 Å². The minimum absolute atomic E-state index is 0.0515. The molecule has 0 unspecified atom stereocenters. The molecule has 0 aliphatic carbocycles. The normalized spacial score (nSPS) is 11.9. The summed E-state index contributed by atoms with van der Waals surface area (Å²) < 4.78 is 5.86. The highest BCUT2D eigenvalue weighted by Crippen LogP contribution is 2.41. The van der Waals surface area contributed by atoms with Crippen molar-refractivity contribution in [2.45, 2.75) is 9.94 Å². The predicted molar refractivity (Wildman–Crippen MR) is 162 cm³/mol. The zero-order valence-electron chi connectivity index (χ0n) is 20.9. The molecule has 4 aromatic carbocycles. The Balaban J connectivity index is 1.48. The standard InChI is InChI=1S/C30H21N5O2S3/c31-28-33-26(35-40-28)25(27(36)39-29-32-23-18-10-11-19-24(23)38-29)34-37-30(20-12-4-1-5-13-20,21-14-6-2-7-15-21)22-16-8-3-9-17-22/h1-19H,(H2,31,33,35)/b34-25+. The minimum atomic E-state index is -1.17. The SMILES string of the molecule is Nc1nc(/C(=N\OC(c2ccccc2)(c2ccccc2)c2ccccc2)C(=O)Sc2nc3ccccc3s2)ns1. The molecule has 6 aromatic rings. The Labute approximate surface area is 242 Å². The number of carbonyl (C=O) groups excluding carboxylic acids is 1. The lowest BCUT2D eigenvalue weighted by Crippen LogP contribution is -2.32. The lowest BCUT2D eigenvalue weighted by molar-refractivity contribution is -0.105. The van der Waals surface area contributed by atoms with Crippen LogP contribution in [0.2, 0.25) is 0 Å². The summed E-state index contributed by atoms with van der Waals surface area (Å²) in [6, 6.07) is 37.1. The number of oxime groups is 1. The highest BCUT2D eigenvalue weighted by molar-refractivity contribution is 8.16. The van der Waals surface area contributed by atoms with Crippen molar-refractivity contribution in [2.75, 3.05) is 5.73 Å². The number of nitrogen functional groups attached to an aromatic ring is 1. The molecule has 0 aliphatic heterocycles. The van der Waals surface area contributed by atoms with E-state index >= 15 is 0 Å². The maximum Gasteiger partial charge on any atom is 0.252 e. The number of rotatable bonds is 8. The Morgan fingerprint density at radius 3 is 1.85 bits per heavy atom. The number of para-hydroxylation sites is 1. The molecule has 2 N–H and O–H groups in total. The fourth-order valence-corrected chi connectivity index (χ4v) is 6.64. The average molecular weight is 580 g/mol. The molecule has 0 fully saturated rings. The summed E-state index contributed by atoms with van der Waals surface area (Å²) in [6.07, 6.45) is 0.